The highest BCUT2D eigenvalue weighted by atomic mass is 32.1. The second-order valence-corrected chi connectivity index (χ2v) is 7.87. The van der Waals surface area contributed by atoms with Gasteiger partial charge < -0.3 is 9.84 Å². The van der Waals surface area contributed by atoms with E-state index in [1.807, 2.05) is 31.2 Å². The summed E-state index contributed by atoms with van der Waals surface area (Å²) < 4.78 is 13.6. The minimum absolute atomic E-state index is 0.0405. The molecule has 160 valence electrons. The summed E-state index contributed by atoms with van der Waals surface area (Å²) in [5, 5.41) is 10.2. The molecular weight excluding hydrogens is 424 g/mol. The van der Waals surface area contributed by atoms with E-state index in [4.69, 9.17) is 4.74 Å². The van der Waals surface area contributed by atoms with Crippen LogP contribution in [0.1, 0.15) is 27.0 Å². The predicted molar refractivity (Wildman–Crippen MR) is 124 cm³/mol. The van der Waals surface area contributed by atoms with Crippen molar-refractivity contribution in [2.45, 2.75) is 13.3 Å². The van der Waals surface area contributed by atoms with Gasteiger partial charge in [-0.2, -0.15) is 8.75 Å². The molecule has 3 aromatic carbocycles. The lowest BCUT2D eigenvalue weighted by atomic mass is 9.89. The summed E-state index contributed by atoms with van der Waals surface area (Å²) >= 11 is 1.06. The molecule has 0 aliphatic carbocycles. The molecule has 0 radical (unpaired) electrons. The maximum Gasteiger partial charge on any atom is 0.336 e. The van der Waals surface area contributed by atoms with Gasteiger partial charge in [-0.05, 0) is 54.4 Å². The number of fused-ring (bicyclic) bond motifs is 1. The normalized spacial score (nSPS) is 11.8. The number of aliphatic carboxylic acids is 1. The SMILES string of the molecule is COc1ccc(C(=O)C(Cc2ccc(C)cc2)=C(C(=O)O)c2ccc3nsnc3c2)cc1. The van der Waals surface area contributed by atoms with E-state index in [0.29, 0.717) is 27.9 Å². The van der Waals surface area contributed by atoms with Crippen LogP contribution in [-0.2, 0) is 11.2 Å². The Labute approximate surface area is 189 Å². The van der Waals surface area contributed by atoms with Crippen molar-refractivity contribution < 1.29 is 19.4 Å². The van der Waals surface area contributed by atoms with Gasteiger partial charge in [-0.1, -0.05) is 35.9 Å². The van der Waals surface area contributed by atoms with E-state index < -0.39 is 5.97 Å². The molecule has 0 unspecified atom stereocenters. The Morgan fingerprint density at radius 2 is 1.56 bits per heavy atom. The first kappa shape index (κ1) is 21.4. The van der Waals surface area contributed by atoms with Crippen molar-refractivity contribution in [3.05, 3.63) is 94.6 Å². The lowest BCUT2D eigenvalue weighted by Gasteiger charge is -2.13. The highest BCUT2D eigenvalue weighted by Gasteiger charge is 2.24. The van der Waals surface area contributed by atoms with Crippen LogP contribution in [-0.4, -0.2) is 32.7 Å². The molecule has 0 atom stereocenters. The number of carboxylic acids is 1. The van der Waals surface area contributed by atoms with Gasteiger partial charge in [-0.3, -0.25) is 4.79 Å². The summed E-state index contributed by atoms with van der Waals surface area (Å²) in [6.07, 6.45) is 0.181. The van der Waals surface area contributed by atoms with Crippen LogP contribution in [0.15, 0.2) is 72.3 Å². The molecule has 4 rings (SSSR count). The number of nitrogens with zero attached hydrogens (tertiary/aromatic N) is 2. The average molecular weight is 445 g/mol. The Balaban J connectivity index is 1.88. The Morgan fingerprint density at radius 3 is 2.22 bits per heavy atom. The second kappa shape index (κ2) is 9.11. The summed E-state index contributed by atoms with van der Waals surface area (Å²) in [5.74, 6) is -0.899. The van der Waals surface area contributed by atoms with Crippen molar-refractivity contribution in [3.63, 3.8) is 0 Å². The number of hydrogen-bond acceptors (Lipinski definition) is 6. The van der Waals surface area contributed by atoms with Crippen molar-refractivity contribution in [1.29, 1.82) is 0 Å². The number of benzene rings is 3. The molecule has 0 aliphatic rings. The number of carbonyl (C=O) groups is 2. The monoisotopic (exact) mass is 444 g/mol. The third kappa shape index (κ3) is 4.43. The first-order valence-electron chi connectivity index (χ1n) is 9.89. The predicted octanol–water partition coefficient (Wildman–Crippen LogP) is 4.97. The maximum absolute atomic E-state index is 13.6. The van der Waals surface area contributed by atoms with Crippen molar-refractivity contribution in [2.75, 3.05) is 7.11 Å². The van der Waals surface area contributed by atoms with Gasteiger partial charge >= 0.3 is 5.97 Å². The van der Waals surface area contributed by atoms with Crippen LogP contribution in [0.4, 0.5) is 0 Å². The lowest BCUT2D eigenvalue weighted by Crippen LogP contribution is -2.14. The average Bonchev–Trinajstić information content (AvgIpc) is 3.27. The maximum atomic E-state index is 13.6. The molecular formula is C25H20N2O4S. The number of methoxy groups -OCH3 is 1. The lowest BCUT2D eigenvalue weighted by molar-refractivity contribution is -0.130. The van der Waals surface area contributed by atoms with Gasteiger partial charge in [0.25, 0.3) is 0 Å². The van der Waals surface area contributed by atoms with Crippen molar-refractivity contribution >= 4 is 40.1 Å². The van der Waals surface area contributed by atoms with Crippen LogP contribution in [0.25, 0.3) is 16.6 Å². The zero-order valence-electron chi connectivity index (χ0n) is 17.5. The number of carboxylic acid groups (broad SMARTS) is 1. The van der Waals surface area contributed by atoms with Gasteiger partial charge in [0.15, 0.2) is 5.78 Å². The van der Waals surface area contributed by atoms with E-state index in [0.717, 1.165) is 22.9 Å². The highest BCUT2D eigenvalue weighted by Crippen LogP contribution is 2.28. The van der Waals surface area contributed by atoms with Gasteiger partial charge in [-0.15, -0.1) is 0 Å². The van der Waals surface area contributed by atoms with Crippen LogP contribution in [0.3, 0.4) is 0 Å². The number of allylic oxidation sites excluding steroid dienone is 1. The fourth-order valence-corrected chi connectivity index (χ4v) is 3.99. The molecule has 6 nitrogen and oxygen atoms in total. The van der Waals surface area contributed by atoms with Gasteiger partial charge in [-0.25, -0.2) is 4.79 Å². The second-order valence-electron chi connectivity index (χ2n) is 7.35. The summed E-state index contributed by atoms with van der Waals surface area (Å²) in [4.78, 5) is 26.0. The fourth-order valence-electron chi connectivity index (χ4n) is 3.47. The van der Waals surface area contributed by atoms with E-state index in [1.165, 1.54) is 0 Å². The molecule has 1 aromatic heterocycles. The quantitative estimate of drug-likeness (QED) is 0.320. The summed E-state index contributed by atoms with van der Waals surface area (Å²) in [7, 11) is 1.55. The van der Waals surface area contributed by atoms with Crippen LogP contribution < -0.4 is 4.74 Å². The molecule has 1 N–H and O–H groups in total. The Hall–Kier alpha value is -3.84. The van der Waals surface area contributed by atoms with Gasteiger partial charge in [0.1, 0.15) is 16.8 Å². The van der Waals surface area contributed by atoms with Crippen molar-refractivity contribution in [1.82, 2.24) is 8.75 Å². The number of aryl methyl sites for hydroxylation is 1. The fraction of sp³-hybridized carbons (Fsp3) is 0.120. The standard InChI is InChI=1S/C25H20N2O4S/c1-15-3-5-16(6-4-15)13-20(24(28)17-7-10-19(31-2)11-8-17)23(25(29)30)18-9-12-21-22(14-18)27-32-26-21/h3-12,14H,13H2,1-2H3,(H,29,30). The van der Waals surface area contributed by atoms with Crippen molar-refractivity contribution in [2.24, 2.45) is 0 Å². The molecule has 0 spiro atoms. The number of ether oxygens (including phenoxy) is 1. The van der Waals surface area contributed by atoms with Crippen LogP contribution in [0, 0.1) is 6.92 Å². The Bertz CT molecular complexity index is 1320. The van der Waals surface area contributed by atoms with Crippen LogP contribution in [0.2, 0.25) is 0 Å². The van der Waals surface area contributed by atoms with E-state index in [9.17, 15) is 14.7 Å². The number of ketones is 1. The van der Waals surface area contributed by atoms with Gasteiger partial charge in [0.05, 0.1) is 24.4 Å². The molecule has 4 aromatic rings. The molecule has 7 heteroatoms. The first-order chi connectivity index (χ1) is 15.5. The number of Topliss-reactive ketones (excluding diaryl/α,β-unsaturated/α-hetero) is 1. The number of hydrogen-bond donors (Lipinski definition) is 1. The Kier molecular flexibility index (Phi) is 6.09. The first-order valence-corrected chi connectivity index (χ1v) is 10.6. The molecule has 32 heavy (non-hydrogen) atoms. The van der Waals surface area contributed by atoms with E-state index in [1.54, 1.807) is 49.6 Å². The zero-order valence-corrected chi connectivity index (χ0v) is 18.3. The molecule has 0 aliphatic heterocycles. The molecule has 0 saturated heterocycles. The third-order valence-electron chi connectivity index (χ3n) is 5.19. The largest absolute Gasteiger partial charge is 0.497 e. The summed E-state index contributed by atoms with van der Waals surface area (Å²) in [5.41, 5.74) is 4.19. The zero-order chi connectivity index (χ0) is 22.7. The Morgan fingerprint density at radius 1 is 0.906 bits per heavy atom. The summed E-state index contributed by atoms with van der Waals surface area (Å²) in [6, 6.07) is 19.4. The minimum atomic E-state index is -1.17. The smallest absolute Gasteiger partial charge is 0.336 e. The number of aromatic nitrogens is 2. The van der Waals surface area contributed by atoms with E-state index in [2.05, 4.69) is 8.75 Å². The number of carbonyl (C=O) groups excluding carboxylic acids is 1. The highest BCUT2D eigenvalue weighted by molar-refractivity contribution is 7.00. The third-order valence-corrected chi connectivity index (χ3v) is 5.74. The number of rotatable bonds is 7. The molecule has 0 amide bonds. The van der Waals surface area contributed by atoms with E-state index >= 15 is 0 Å². The topological polar surface area (TPSA) is 89.4 Å². The van der Waals surface area contributed by atoms with Crippen LogP contribution >= 0.6 is 11.7 Å². The van der Waals surface area contributed by atoms with Gasteiger partial charge in [0, 0.05) is 17.6 Å². The molecule has 0 fully saturated rings. The van der Waals surface area contributed by atoms with Gasteiger partial charge in [0.2, 0.25) is 0 Å². The van der Waals surface area contributed by atoms with Crippen molar-refractivity contribution in [3.8, 4) is 5.75 Å². The molecule has 0 bridgehead atoms. The summed E-state index contributed by atoms with van der Waals surface area (Å²) in [6.45, 7) is 1.98. The van der Waals surface area contributed by atoms with E-state index in [-0.39, 0.29) is 23.4 Å². The molecule has 1 heterocycles. The minimum Gasteiger partial charge on any atom is -0.497 e. The molecule has 0 saturated carbocycles. The van der Waals surface area contributed by atoms with Crippen LogP contribution in [0.5, 0.6) is 5.75 Å².